The molecular weight excluding hydrogens is 318 g/mol. The molecule has 0 radical (unpaired) electrons. The zero-order valence-electron chi connectivity index (χ0n) is 14.3. The number of imide groups is 1. The quantitative estimate of drug-likeness (QED) is 0.781. The Morgan fingerprint density at radius 2 is 1.68 bits per heavy atom. The summed E-state index contributed by atoms with van der Waals surface area (Å²) >= 11 is 0. The number of piperidine rings is 1. The molecule has 7 heteroatoms. The Morgan fingerprint density at radius 1 is 0.920 bits per heavy atom. The first-order chi connectivity index (χ1) is 12.2. The fraction of sp³-hybridized carbons (Fsp3) is 0.667. The molecule has 132 valence electrons. The van der Waals surface area contributed by atoms with E-state index in [4.69, 9.17) is 0 Å². The molecule has 7 nitrogen and oxygen atoms in total. The molecule has 0 spiro atoms. The highest BCUT2D eigenvalue weighted by molar-refractivity contribution is 6.02. The van der Waals surface area contributed by atoms with Crippen molar-refractivity contribution in [2.24, 2.45) is 0 Å². The van der Waals surface area contributed by atoms with Gasteiger partial charge in [-0.25, -0.2) is 14.8 Å². The van der Waals surface area contributed by atoms with Crippen molar-refractivity contribution in [3.05, 3.63) is 18.1 Å². The highest BCUT2D eigenvalue weighted by Crippen LogP contribution is 2.39. The Kier molecular flexibility index (Phi) is 3.43. The molecule has 5 rings (SSSR count). The summed E-state index contributed by atoms with van der Waals surface area (Å²) in [6.45, 7) is 2.00. The maximum absolute atomic E-state index is 12.6. The summed E-state index contributed by atoms with van der Waals surface area (Å²) < 4.78 is 0. The van der Waals surface area contributed by atoms with Crippen molar-refractivity contribution in [1.29, 1.82) is 0 Å². The van der Waals surface area contributed by atoms with Crippen LogP contribution in [0.25, 0.3) is 0 Å². The van der Waals surface area contributed by atoms with Crippen LogP contribution in [0.1, 0.15) is 50.1 Å². The number of anilines is 1. The van der Waals surface area contributed by atoms with Crippen molar-refractivity contribution in [1.82, 2.24) is 19.8 Å². The summed E-state index contributed by atoms with van der Waals surface area (Å²) in [6, 6.07) is 2.40. The molecular formula is C18H23N5O2. The van der Waals surface area contributed by atoms with Gasteiger partial charge in [0.25, 0.3) is 5.91 Å². The number of rotatable bonds is 4. The monoisotopic (exact) mass is 341 g/mol. The van der Waals surface area contributed by atoms with Crippen LogP contribution >= 0.6 is 0 Å². The molecule has 4 aliphatic rings. The van der Waals surface area contributed by atoms with Crippen molar-refractivity contribution >= 4 is 17.8 Å². The summed E-state index contributed by atoms with van der Waals surface area (Å²) in [4.78, 5) is 39.1. The summed E-state index contributed by atoms with van der Waals surface area (Å²) in [7, 11) is 0. The second-order valence-corrected chi connectivity index (χ2v) is 7.70. The van der Waals surface area contributed by atoms with E-state index < -0.39 is 0 Å². The maximum Gasteiger partial charge on any atom is 0.327 e. The molecule has 2 saturated heterocycles. The standard InChI is InChI=1S/C18H23N5O2/c24-17-10-22(18(25)23(17)14-3-4-14)13-5-7-21(8-6-13)16-9-15(12-1-2-12)19-11-20-16/h9,11-14H,1-8,10H2. The fourth-order valence-electron chi connectivity index (χ4n) is 4.06. The second kappa shape index (κ2) is 5.68. The summed E-state index contributed by atoms with van der Waals surface area (Å²) in [5, 5.41) is 0. The molecule has 0 bridgehead atoms. The average Bonchev–Trinajstić information content (AvgIpc) is 3.54. The molecule has 3 heterocycles. The van der Waals surface area contributed by atoms with Gasteiger partial charge >= 0.3 is 6.03 Å². The highest BCUT2D eigenvalue weighted by Gasteiger charge is 2.47. The van der Waals surface area contributed by atoms with Gasteiger partial charge in [0.05, 0.1) is 0 Å². The van der Waals surface area contributed by atoms with Crippen LogP contribution in [-0.2, 0) is 4.79 Å². The summed E-state index contributed by atoms with van der Waals surface area (Å²) in [5.74, 6) is 1.61. The number of carbonyl (C=O) groups is 2. The Balaban J connectivity index is 1.23. The number of carbonyl (C=O) groups excluding carboxylic acids is 2. The van der Waals surface area contributed by atoms with Crippen molar-refractivity contribution in [2.75, 3.05) is 24.5 Å². The molecule has 1 aromatic rings. The smallest absolute Gasteiger partial charge is 0.327 e. The van der Waals surface area contributed by atoms with Gasteiger partial charge in [0, 0.05) is 42.9 Å². The van der Waals surface area contributed by atoms with Gasteiger partial charge in [-0.15, -0.1) is 0 Å². The van der Waals surface area contributed by atoms with Crippen LogP contribution in [0.15, 0.2) is 12.4 Å². The minimum absolute atomic E-state index is 0.0141. The zero-order valence-corrected chi connectivity index (χ0v) is 14.3. The molecule has 0 atom stereocenters. The summed E-state index contributed by atoms with van der Waals surface area (Å²) in [6.07, 6.45) is 7.87. The number of aromatic nitrogens is 2. The van der Waals surface area contributed by atoms with Gasteiger partial charge < -0.3 is 9.80 Å². The van der Waals surface area contributed by atoms with E-state index >= 15 is 0 Å². The normalized spacial score (nSPS) is 25.2. The van der Waals surface area contributed by atoms with Crippen molar-refractivity contribution < 1.29 is 9.59 Å². The van der Waals surface area contributed by atoms with E-state index in [9.17, 15) is 9.59 Å². The van der Waals surface area contributed by atoms with Crippen molar-refractivity contribution in [3.8, 4) is 0 Å². The van der Waals surface area contributed by atoms with Crippen LogP contribution in [0.2, 0.25) is 0 Å². The van der Waals surface area contributed by atoms with Gasteiger partial charge in [0.15, 0.2) is 0 Å². The van der Waals surface area contributed by atoms with Gasteiger partial charge in [0.1, 0.15) is 18.7 Å². The van der Waals surface area contributed by atoms with Crippen molar-refractivity contribution in [3.63, 3.8) is 0 Å². The third-order valence-electron chi connectivity index (χ3n) is 5.84. The van der Waals surface area contributed by atoms with Crippen LogP contribution in [0.5, 0.6) is 0 Å². The molecule has 25 heavy (non-hydrogen) atoms. The Bertz CT molecular complexity index is 707. The van der Waals surface area contributed by atoms with Gasteiger partial charge in [-0.05, 0) is 38.5 Å². The Hall–Kier alpha value is -2.18. The minimum Gasteiger partial charge on any atom is -0.356 e. The molecule has 2 aliphatic heterocycles. The summed E-state index contributed by atoms with van der Waals surface area (Å²) in [5.41, 5.74) is 1.16. The molecule has 0 N–H and O–H groups in total. The van der Waals surface area contributed by atoms with E-state index in [2.05, 4.69) is 20.9 Å². The van der Waals surface area contributed by atoms with E-state index in [0.29, 0.717) is 5.92 Å². The topological polar surface area (TPSA) is 69.6 Å². The molecule has 3 amide bonds. The van der Waals surface area contributed by atoms with Crippen LogP contribution in [0.4, 0.5) is 10.6 Å². The lowest BCUT2D eigenvalue weighted by atomic mass is 10.0. The van der Waals surface area contributed by atoms with Crippen LogP contribution in [0.3, 0.4) is 0 Å². The molecule has 0 aromatic carbocycles. The fourth-order valence-corrected chi connectivity index (χ4v) is 4.06. The SMILES string of the molecule is O=C1CN(C2CCN(c3cc(C4CC4)ncn3)CC2)C(=O)N1C1CC1. The Labute approximate surface area is 147 Å². The number of nitrogens with zero attached hydrogens (tertiary/aromatic N) is 5. The highest BCUT2D eigenvalue weighted by atomic mass is 16.2. The average molecular weight is 341 g/mol. The van der Waals surface area contributed by atoms with Gasteiger partial charge in [-0.1, -0.05) is 0 Å². The molecule has 2 aliphatic carbocycles. The van der Waals surface area contributed by atoms with Crippen LogP contribution in [0, 0.1) is 0 Å². The Morgan fingerprint density at radius 3 is 2.36 bits per heavy atom. The predicted molar refractivity (Wildman–Crippen MR) is 91.2 cm³/mol. The minimum atomic E-state index is -0.0657. The van der Waals surface area contributed by atoms with Gasteiger partial charge in [0.2, 0.25) is 0 Å². The lowest BCUT2D eigenvalue weighted by Crippen LogP contribution is -2.47. The lowest BCUT2D eigenvalue weighted by molar-refractivity contribution is -0.125. The van der Waals surface area contributed by atoms with Gasteiger partial charge in [-0.2, -0.15) is 0 Å². The van der Waals surface area contributed by atoms with Crippen LogP contribution in [-0.4, -0.2) is 63.4 Å². The molecule has 1 aromatic heterocycles. The molecule has 0 unspecified atom stereocenters. The van der Waals surface area contributed by atoms with E-state index in [1.165, 1.54) is 17.7 Å². The number of urea groups is 1. The van der Waals surface area contributed by atoms with Gasteiger partial charge in [-0.3, -0.25) is 9.69 Å². The number of hydrogen-bond donors (Lipinski definition) is 0. The predicted octanol–water partition coefficient (Wildman–Crippen LogP) is 1.75. The largest absolute Gasteiger partial charge is 0.356 e. The van der Waals surface area contributed by atoms with Crippen LogP contribution < -0.4 is 4.90 Å². The van der Waals surface area contributed by atoms with E-state index in [-0.39, 0.29) is 30.6 Å². The van der Waals surface area contributed by atoms with E-state index in [1.54, 1.807) is 11.2 Å². The molecule has 4 fully saturated rings. The lowest BCUT2D eigenvalue weighted by Gasteiger charge is -2.36. The zero-order chi connectivity index (χ0) is 17.0. The maximum atomic E-state index is 12.6. The van der Waals surface area contributed by atoms with Crippen molar-refractivity contribution in [2.45, 2.75) is 56.5 Å². The second-order valence-electron chi connectivity index (χ2n) is 7.70. The molecule has 2 saturated carbocycles. The van der Waals surface area contributed by atoms with E-state index in [1.807, 2.05) is 0 Å². The first-order valence-corrected chi connectivity index (χ1v) is 9.40. The first-order valence-electron chi connectivity index (χ1n) is 9.40. The number of amides is 3. The third-order valence-corrected chi connectivity index (χ3v) is 5.84. The first kappa shape index (κ1) is 15.1. The number of hydrogen-bond acceptors (Lipinski definition) is 5. The van der Waals surface area contributed by atoms with E-state index in [0.717, 1.165) is 50.3 Å². The third kappa shape index (κ3) is 2.75.